The molecule has 0 aliphatic carbocycles. The van der Waals surface area contributed by atoms with Crippen LogP contribution in [0.5, 0.6) is 0 Å². The fraction of sp³-hybridized carbons (Fsp3) is 0.692. The minimum Gasteiger partial charge on any atom is -0.378 e. The second kappa shape index (κ2) is 17.7. The van der Waals surface area contributed by atoms with E-state index in [9.17, 15) is 9.59 Å². The van der Waals surface area contributed by atoms with Crippen molar-refractivity contribution in [2.45, 2.75) is 104 Å². The molecule has 3 aliphatic heterocycles. The van der Waals surface area contributed by atoms with E-state index in [0.29, 0.717) is 37.4 Å². The summed E-state index contributed by atoms with van der Waals surface area (Å²) in [5.41, 5.74) is 2.67. The first-order chi connectivity index (χ1) is 24.0. The van der Waals surface area contributed by atoms with Crippen LogP contribution in [0.25, 0.3) is 0 Å². The van der Waals surface area contributed by atoms with Gasteiger partial charge in [-0.2, -0.15) is 0 Å². The van der Waals surface area contributed by atoms with Gasteiger partial charge >= 0.3 is 0 Å². The van der Waals surface area contributed by atoms with Gasteiger partial charge in [0.05, 0.1) is 18.2 Å². The van der Waals surface area contributed by atoms with E-state index in [1.807, 2.05) is 13.0 Å². The first-order valence-corrected chi connectivity index (χ1v) is 19.0. The Labute approximate surface area is 300 Å². The molecule has 2 amide bonds. The summed E-state index contributed by atoms with van der Waals surface area (Å²) in [4.78, 5) is 41.3. The van der Waals surface area contributed by atoms with Gasteiger partial charge in [-0.25, -0.2) is 9.97 Å². The Morgan fingerprint density at radius 2 is 1.70 bits per heavy atom. The molecule has 276 valence electrons. The van der Waals surface area contributed by atoms with Crippen LogP contribution in [0.15, 0.2) is 36.7 Å². The van der Waals surface area contributed by atoms with E-state index >= 15 is 0 Å². The molecule has 1 atom stereocenters. The summed E-state index contributed by atoms with van der Waals surface area (Å²) < 4.78 is 5.80. The van der Waals surface area contributed by atoms with Crippen molar-refractivity contribution < 1.29 is 14.3 Å². The average molecular weight is 691 g/mol. The van der Waals surface area contributed by atoms with Gasteiger partial charge in [0.2, 0.25) is 11.8 Å². The van der Waals surface area contributed by atoms with Crippen molar-refractivity contribution in [3.8, 4) is 0 Å². The molecule has 1 aromatic carbocycles. The lowest BCUT2D eigenvalue weighted by atomic mass is 9.82. The second-order valence-corrected chi connectivity index (χ2v) is 16.1. The minimum absolute atomic E-state index is 0.0687. The second-order valence-electron chi connectivity index (χ2n) is 16.1. The van der Waals surface area contributed by atoms with Crippen LogP contribution in [-0.4, -0.2) is 97.3 Å². The Morgan fingerprint density at radius 3 is 2.42 bits per heavy atom. The lowest BCUT2D eigenvalue weighted by Crippen LogP contribution is -2.66. The number of piperidine rings is 2. The fourth-order valence-electron chi connectivity index (χ4n) is 7.15. The highest BCUT2D eigenvalue weighted by Crippen LogP contribution is 2.32. The van der Waals surface area contributed by atoms with E-state index in [1.165, 1.54) is 18.4 Å². The molecule has 3 saturated heterocycles. The average Bonchev–Trinajstić information content (AvgIpc) is 3.08. The maximum Gasteiger partial charge on any atom is 0.240 e. The normalized spacial score (nSPS) is 19.8. The number of benzene rings is 1. The number of anilines is 3. The highest BCUT2D eigenvalue weighted by molar-refractivity contribution is 5.84. The summed E-state index contributed by atoms with van der Waals surface area (Å²) in [5.74, 6) is 2.46. The van der Waals surface area contributed by atoms with Crippen molar-refractivity contribution in [2.75, 3.05) is 74.1 Å². The van der Waals surface area contributed by atoms with Gasteiger partial charge in [-0.05, 0) is 94.0 Å². The molecule has 1 aromatic heterocycles. The molecular formula is C39H62N8O3. The van der Waals surface area contributed by atoms with Crippen LogP contribution in [-0.2, 0) is 20.9 Å². The van der Waals surface area contributed by atoms with Crippen molar-refractivity contribution >= 4 is 29.1 Å². The van der Waals surface area contributed by atoms with Crippen molar-refractivity contribution in [1.29, 1.82) is 0 Å². The Balaban J connectivity index is 1.02. The van der Waals surface area contributed by atoms with E-state index in [1.54, 1.807) is 6.33 Å². The van der Waals surface area contributed by atoms with Crippen LogP contribution in [0.3, 0.4) is 0 Å². The maximum atomic E-state index is 13.0. The number of rotatable bonds is 16. The SMILES string of the molecule is CC(C)CCOC(C)CCC(=O)NCCCNc1cc(N2CCC3(CC2)CN(c2ccc(CN4CCC(C)(C)CC4)cc2)CC(=O)N3)ncn1. The van der Waals surface area contributed by atoms with Gasteiger partial charge in [-0.1, -0.05) is 39.8 Å². The minimum atomic E-state index is -0.248. The Bertz CT molecular complexity index is 1370. The molecule has 3 fully saturated rings. The summed E-state index contributed by atoms with van der Waals surface area (Å²) in [5, 5.41) is 9.76. The smallest absolute Gasteiger partial charge is 0.240 e. The molecule has 0 bridgehead atoms. The zero-order valence-electron chi connectivity index (χ0n) is 31.3. The summed E-state index contributed by atoms with van der Waals surface area (Å²) in [6, 6.07) is 10.9. The van der Waals surface area contributed by atoms with Crippen LogP contribution in [0.1, 0.15) is 91.5 Å². The number of ether oxygens (including phenoxy) is 1. The largest absolute Gasteiger partial charge is 0.378 e. The molecule has 1 unspecified atom stereocenters. The van der Waals surface area contributed by atoms with Crippen molar-refractivity contribution in [1.82, 2.24) is 25.5 Å². The topological polar surface area (TPSA) is 115 Å². The Morgan fingerprint density at radius 1 is 0.960 bits per heavy atom. The molecule has 4 heterocycles. The quantitative estimate of drug-likeness (QED) is 0.204. The van der Waals surface area contributed by atoms with Crippen molar-refractivity contribution in [3.05, 3.63) is 42.2 Å². The van der Waals surface area contributed by atoms with Crippen molar-refractivity contribution in [3.63, 3.8) is 0 Å². The Hall–Kier alpha value is -3.44. The summed E-state index contributed by atoms with van der Waals surface area (Å²) >= 11 is 0. The molecule has 2 aromatic rings. The summed E-state index contributed by atoms with van der Waals surface area (Å²) in [6.45, 7) is 19.3. The number of likely N-dealkylation sites (tertiary alicyclic amines) is 1. The number of piperazine rings is 1. The lowest BCUT2D eigenvalue weighted by Gasteiger charge is -2.48. The standard InChI is InChI=1S/C39H62N8O3/c1-30(2)13-24-50-31(3)7-12-36(48)41-19-6-18-40-34-25-35(43-29-42-34)46-22-16-39(17-23-46)28-47(27-37(49)44-39)33-10-8-32(9-11-33)26-45-20-14-38(4,5)15-21-45/h8-11,25,29-31H,6-7,12-24,26-28H2,1-5H3,(H,41,48)(H,44,49)(H,40,42,43). The zero-order valence-corrected chi connectivity index (χ0v) is 31.3. The maximum absolute atomic E-state index is 13.0. The van der Waals surface area contributed by atoms with Gasteiger partial charge in [0, 0.05) is 64.0 Å². The third-order valence-electron chi connectivity index (χ3n) is 10.7. The van der Waals surface area contributed by atoms with E-state index in [2.05, 4.69) is 92.6 Å². The monoisotopic (exact) mass is 690 g/mol. The summed E-state index contributed by atoms with van der Waals surface area (Å²) in [7, 11) is 0. The molecule has 3 aliphatic rings. The molecule has 11 nitrogen and oxygen atoms in total. The predicted octanol–water partition coefficient (Wildman–Crippen LogP) is 5.22. The molecule has 3 N–H and O–H groups in total. The lowest BCUT2D eigenvalue weighted by molar-refractivity contribution is -0.123. The van der Waals surface area contributed by atoms with Gasteiger partial charge in [0.25, 0.3) is 0 Å². The molecule has 5 rings (SSSR count). The Kier molecular flexibility index (Phi) is 13.4. The van der Waals surface area contributed by atoms with Gasteiger partial charge in [0.15, 0.2) is 0 Å². The molecule has 0 radical (unpaired) electrons. The van der Waals surface area contributed by atoms with E-state index in [0.717, 1.165) is 95.3 Å². The van der Waals surface area contributed by atoms with Crippen LogP contribution >= 0.6 is 0 Å². The summed E-state index contributed by atoms with van der Waals surface area (Å²) in [6.07, 6.45) is 8.98. The molecule has 0 saturated carbocycles. The van der Waals surface area contributed by atoms with Crippen LogP contribution < -0.4 is 25.8 Å². The fourth-order valence-corrected chi connectivity index (χ4v) is 7.15. The number of amides is 2. The van der Waals surface area contributed by atoms with Gasteiger partial charge in [0.1, 0.15) is 18.0 Å². The molecule has 50 heavy (non-hydrogen) atoms. The first kappa shape index (κ1) is 37.8. The van der Waals surface area contributed by atoms with Gasteiger partial charge in [-0.3, -0.25) is 14.5 Å². The molecule has 11 heteroatoms. The highest BCUT2D eigenvalue weighted by atomic mass is 16.5. The number of aromatic nitrogens is 2. The highest BCUT2D eigenvalue weighted by Gasteiger charge is 2.41. The van der Waals surface area contributed by atoms with E-state index < -0.39 is 0 Å². The van der Waals surface area contributed by atoms with Gasteiger partial charge in [-0.15, -0.1) is 0 Å². The van der Waals surface area contributed by atoms with E-state index in [-0.39, 0.29) is 23.5 Å². The third-order valence-corrected chi connectivity index (χ3v) is 10.7. The number of hydrogen-bond donors (Lipinski definition) is 3. The molecule has 1 spiro atoms. The predicted molar refractivity (Wildman–Crippen MR) is 202 cm³/mol. The zero-order chi connectivity index (χ0) is 35.6. The van der Waals surface area contributed by atoms with Crippen LogP contribution in [0, 0.1) is 11.3 Å². The number of nitrogens with zero attached hydrogens (tertiary/aromatic N) is 5. The van der Waals surface area contributed by atoms with E-state index in [4.69, 9.17) is 4.74 Å². The number of hydrogen-bond acceptors (Lipinski definition) is 9. The third kappa shape index (κ3) is 11.5. The number of carbonyl (C=O) groups excluding carboxylic acids is 2. The number of carbonyl (C=O) groups is 2. The first-order valence-electron chi connectivity index (χ1n) is 19.0. The van der Waals surface area contributed by atoms with Crippen LogP contribution in [0.4, 0.5) is 17.3 Å². The van der Waals surface area contributed by atoms with Gasteiger partial charge < -0.3 is 30.5 Å². The van der Waals surface area contributed by atoms with Crippen LogP contribution in [0.2, 0.25) is 0 Å². The number of nitrogens with one attached hydrogen (secondary N) is 3. The van der Waals surface area contributed by atoms with Crippen molar-refractivity contribution in [2.24, 2.45) is 11.3 Å². The molecular weight excluding hydrogens is 628 g/mol.